The fraction of sp³-hybridized carbons (Fsp3) is 1.00. The first kappa shape index (κ1) is 32.7. The summed E-state index contributed by atoms with van der Waals surface area (Å²) in [6, 6.07) is 0. The van der Waals surface area contributed by atoms with Gasteiger partial charge in [-0.3, -0.25) is 0 Å². The number of hydrogen-bond acceptors (Lipinski definition) is 4. The Morgan fingerprint density at radius 1 is 0.621 bits per heavy atom. The smallest absolute Gasteiger partial charge is 0.748 e. The van der Waals surface area contributed by atoms with Gasteiger partial charge in [-0.05, 0) is 19.3 Å². The molecule has 0 saturated heterocycles. The summed E-state index contributed by atoms with van der Waals surface area (Å²) in [4.78, 5) is 0. The third-order valence-electron chi connectivity index (χ3n) is 5.57. The molecule has 0 spiro atoms. The molecular formula is C23H47KO4S. The average molecular weight is 459 g/mol. The second-order valence-corrected chi connectivity index (χ2v) is 10.0. The van der Waals surface area contributed by atoms with Gasteiger partial charge in [-0.1, -0.05) is 116 Å². The molecule has 1 atom stereocenters. The van der Waals surface area contributed by atoms with Gasteiger partial charge >= 0.3 is 51.4 Å². The minimum atomic E-state index is -4.02. The van der Waals surface area contributed by atoms with Gasteiger partial charge in [0.1, 0.15) is 0 Å². The second-order valence-electron chi connectivity index (χ2n) is 8.50. The van der Waals surface area contributed by atoms with E-state index in [4.69, 9.17) is 0 Å². The normalized spacial score (nSPS) is 12.7. The van der Waals surface area contributed by atoms with Crippen molar-refractivity contribution in [2.45, 2.75) is 141 Å². The Hall–Kier alpha value is 1.51. The molecule has 0 saturated carbocycles. The molecule has 1 unspecified atom stereocenters. The molecule has 6 heteroatoms. The van der Waals surface area contributed by atoms with Gasteiger partial charge in [0.15, 0.2) is 0 Å². The predicted octanol–water partition coefficient (Wildman–Crippen LogP) is 3.72. The van der Waals surface area contributed by atoms with Crippen LogP contribution in [0.3, 0.4) is 0 Å². The predicted molar refractivity (Wildman–Crippen MR) is 119 cm³/mol. The van der Waals surface area contributed by atoms with Crippen molar-refractivity contribution in [1.82, 2.24) is 0 Å². The Labute approximate surface area is 224 Å². The summed E-state index contributed by atoms with van der Waals surface area (Å²) < 4.78 is 31.4. The molecule has 0 radical (unpaired) electrons. The minimum absolute atomic E-state index is 0. The largest absolute Gasteiger partial charge is 1.00 e. The molecule has 0 aromatic rings. The summed E-state index contributed by atoms with van der Waals surface area (Å²) >= 11 is 0. The third kappa shape index (κ3) is 29.5. The quantitative estimate of drug-likeness (QED) is 0.152. The fourth-order valence-corrected chi connectivity index (χ4v) is 4.29. The summed E-state index contributed by atoms with van der Waals surface area (Å²) in [6.45, 7) is 2.26. The van der Waals surface area contributed by atoms with Crippen LogP contribution in [0, 0.1) is 0 Å². The molecule has 0 aliphatic rings. The topological polar surface area (TPSA) is 77.4 Å². The summed E-state index contributed by atoms with van der Waals surface area (Å²) in [6.07, 6.45) is 23.2. The zero-order chi connectivity index (χ0) is 20.9. The van der Waals surface area contributed by atoms with E-state index in [0.717, 1.165) is 38.5 Å². The van der Waals surface area contributed by atoms with Crippen LogP contribution in [0.4, 0.5) is 0 Å². The van der Waals surface area contributed by atoms with Crippen LogP contribution in [0.25, 0.3) is 0 Å². The fourth-order valence-electron chi connectivity index (χ4n) is 3.73. The summed E-state index contributed by atoms with van der Waals surface area (Å²) in [5.74, 6) is -0.214. The van der Waals surface area contributed by atoms with Crippen LogP contribution in [0.5, 0.6) is 0 Å². The zero-order valence-corrected chi connectivity index (χ0v) is 23.4. The molecule has 29 heavy (non-hydrogen) atoms. The van der Waals surface area contributed by atoms with Gasteiger partial charge in [-0.2, -0.15) is 0 Å². The minimum Gasteiger partial charge on any atom is -0.748 e. The van der Waals surface area contributed by atoms with Crippen molar-refractivity contribution in [3.63, 3.8) is 0 Å². The first-order valence-corrected chi connectivity index (χ1v) is 13.6. The SMILES string of the molecule is CCCCCCCCCCCC(O)CCCCCCCCCCCS(=O)(=O)[O-].[K+]. The maximum atomic E-state index is 10.5. The van der Waals surface area contributed by atoms with Crippen molar-refractivity contribution in [1.29, 1.82) is 0 Å². The first-order chi connectivity index (χ1) is 13.5. The number of aliphatic hydroxyl groups excluding tert-OH is 1. The molecule has 4 nitrogen and oxygen atoms in total. The molecule has 0 rings (SSSR count). The molecule has 0 aromatic carbocycles. The molecule has 0 aliphatic heterocycles. The van der Waals surface area contributed by atoms with Gasteiger partial charge < -0.3 is 9.66 Å². The van der Waals surface area contributed by atoms with Crippen LogP contribution in [0.15, 0.2) is 0 Å². The van der Waals surface area contributed by atoms with E-state index < -0.39 is 10.1 Å². The Kier molecular flexibility index (Phi) is 27.2. The molecule has 0 bridgehead atoms. The number of aliphatic hydroxyl groups is 1. The van der Waals surface area contributed by atoms with Gasteiger partial charge in [0, 0.05) is 5.75 Å². The Balaban J connectivity index is 0. The van der Waals surface area contributed by atoms with Crippen molar-refractivity contribution in [3.8, 4) is 0 Å². The van der Waals surface area contributed by atoms with Crippen LogP contribution in [-0.2, 0) is 10.1 Å². The third-order valence-corrected chi connectivity index (χ3v) is 6.36. The van der Waals surface area contributed by atoms with E-state index in [1.807, 2.05) is 0 Å². The van der Waals surface area contributed by atoms with E-state index in [1.54, 1.807) is 0 Å². The molecule has 1 N–H and O–H groups in total. The van der Waals surface area contributed by atoms with Gasteiger partial charge in [0.25, 0.3) is 0 Å². The van der Waals surface area contributed by atoms with Crippen LogP contribution in [-0.4, -0.2) is 29.9 Å². The van der Waals surface area contributed by atoms with E-state index in [1.165, 1.54) is 83.5 Å². The maximum absolute atomic E-state index is 10.5. The van der Waals surface area contributed by atoms with Gasteiger partial charge in [-0.25, -0.2) is 8.42 Å². The Morgan fingerprint density at radius 2 is 0.931 bits per heavy atom. The first-order valence-electron chi connectivity index (χ1n) is 12.1. The number of hydrogen-bond donors (Lipinski definition) is 1. The van der Waals surface area contributed by atoms with Crippen LogP contribution in [0.2, 0.25) is 0 Å². The molecular weight excluding hydrogens is 411 g/mol. The van der Waals surface area contributed by atoms with Crippen molar-refractivity contribution < 1.29 is 69.5 Å². The van der Waals surface area contributed by atoms with E-state index in [-0.39, 0.29) is 63.2 Å². The van der Waals surface area contributed by atoms with E-state index in [2.05, 4.69) is 6.92 Å². The second kappa shape index (κ2) is 24.2. The summed E-state index contributed by atoms with van der Waals surface area (Å²) in [5.41, 5.74) is 0. The van der Waals surface area contributed by atoms with Crippen molar-refractivity contribution in [3.05, 3.63) is 0 Å². The van der Waals surface area contributed by atoms with Crippen LogP contribution >= 0.6 is 0 Å². The Bertz CT molecular complexity index is 415. The molecule has 0 fully saturated rings. The van der Waals surface area contributed by atoms with Crippen molar-refractivity contribution in [2.24, 2.45) is 0 Å². The van der Waals surface area contributed by atoms with E-state index in [0.29, 0.717) is 6.42 Å². The molecule has 170 valence electrons. The van der Waals surface area contributed by atoms with Crippen molar-refractivity contribution >= 4 is 10.1 Å². The van der Waals surface area contributed by atoms with Gasteiger partial charge in [-0.15, -0.1) is 0 Å². The monoisotopic (exact) mass is 458 g/mol. The molecule has 0 heterocycles. The van der Waals surface area contributed by atoms with E-state index >= 15 is 0 Å². The Morgan fingerprint density at radius 3 is 1.28 bits per heavy atom. The standard InChI is InChI=1S/C23H48O4S.K/c1-2-3-4-5-6-8-11-14-17-20-23(24)21-18-15-12-9-7-10-13-16-19-22-28(25,26)27;/h23-24H,2-22H2,1H3,(H,25,26,27);/q;+1/p-1. The number of rotatable bonds is 22. The maximum Gasteiger partial charge on any atom is 1.00 e. The van der Waals surface area contributed by atoms with Gasteiger partial charge in [0.05, 0.1) is 16.2 Å². The van der Waals surface area contributed by atoms with Gasteiger partial charge in [0.2, 0.25) is 0 Å². The van der Waals surface area contributed by atoms with E-state index in [9.17, 15) is 18.1 Å². The molecule has 0 aromatic heterocycles. The number of unbranched alkanes of at least 4 members (excludes halogenated alkanes) is 16. The zero-order valence-electron chi connectivity index (χ0n) is 19.5. The average Bonchev–Trinajstić information content (AvgIpc) is 2.64. The molecule has 0 amide bonds. The van der Waals surface area contributed by atoms with Crippen LogP contribution < -0.4 is 51.4 Å². The molecule has 0 aliphatic carbocycles. The summed E-state index contributed by atoms with van der Waals surface area (Å²) in [7, 11) is -4.02. The van der Waals surface area contributed by atoms with Crippen LogP contribution in [0.1, 0.15) is 135 Å². The van der Waals surface area contributed by atoms with Crippen molar-refractivity contribution in [2.75, 3.05) is 5.75 Å². The summed E-state index contributed by atoms with van der Waals surface area (Å²) in [5, 5.41) is 10.1.